The Morgan fingerprint density at radius 1 is 1.33 bits per heavy atom. The molecule has 0 N–H and O–H groups in total. The lowest BCUT2D eigenvalue weighted by atomic mass is 10.2. The van der Waals surface area contributed by atoms with Gasteiger partial charge in [-0.25, -0.2) is 4.98 Å². The summed E-state index contributed by atoms with van der Waals surface area (Å²) in [5.41, 5.74) is -0.234. The van der Waals surface area contributed by atoms with Gasteiger partial charge < -0.3 is 4.42 Å². The van der Waals surface area contributed by atoms with Crippen molar-refractivity contribution in [2.75, 3.05) is 0 Å². The van der Waals surface area contributed by atoms with Crippen molar-refractivity contribution in [1.82, 2.24) is 4.98 Å². The highest BCUT2D eigenvalue weighted by Crippen LogP contribution is 2.30. The molecule has 2 heterocycles. The first-order valence-electron chi connectivity index (χ1n) is 4.95. The molecule has 0 saturated heterocycles. The van der Waals surface area contributed by atoms with E-state index >= 15 is 0 Å². The molecule has 0 bridgehead atoms. The zero-order valence-electron chi connectivity index (χ0n) is 8.71. The van der Waals surface area contributed by atoms with Crippen LogP contribution in [0.1, 0.15) is 0 Å². The number of para-hydroxylation sites is 1. The van der Waals surface area contributed by atoms with E-state index < -0.39 is 5.95 Å². The van der Waals surface area contributed by atoms with Crippen molar-refractivity contribution in [2.45, 2.75) is 0 Å². The van der Waals surface area contributed by atoms with Crippen molar-refractivity contribution in [3.63, 3.8) is 0 Å². The minimum Gasteiger partial charge on any atom is -0.451 e. The molecular formula is C12H4BrClFNO2. The Labute approximate surface area is 113 Å². The van der Waals surface area contributed by atoms with Crippen LogP contribution >= 0.6 is 27.5 Å². The summed E-state index contributed by atoms with van der Waals surface area (Å²) in [7, 11) is 0. The van der Waals surface area contributed by atoms with E-state index in [1.807, 2.05) is 0 Å². The monoisotopic (exact) mass is 327 g/mol. The second kappa shape index (κ2) is 4.03. The lowest BCUT2D eigenvalue weighted by Gasteiger charge is -2.04. The first kappa shape index (κ1) is 11.6. The second-order valence-corrected chi connectivity index (χ2v) is 4.79. The summed E-state index contributed by atoms with van der Waals surface area (Å²) >= 11 is 8.87. The topological polar surface area (TPSA) is 43.1 Å². The molecule has 0 aliphatic heterocycles. The number of fused-ring (bicyclic) bond motifs is 2. The molecule has 0 aliphatic carbocycles. The number of hydrogen-bond donors (Lipinski definition) is 0. The minimum atomic E-state index is -0.902. The van der Waals surface area contributed by atoms with Gasteiger partial charge in [-0.05, 0) is 28.1 Å². The molecule has 0 unspecified atom stereocenters. The minimum absolute atomic E-state index is 0.0613. The molecular weight excluding hydrogens is 324 g/mol. The molecule has 0 fully saturated rings. The highest BCUT2D eigenvalue weighted by Gasteiger charge is 2.18. The zero-order chi connectivity index (χ0) is 12.9. The fourth-order valence-electron chi connectivity index (χ4n) is 1.78. The van der Waals surface area contributed by atoms with Crippen molar-refractivity contribution < 1.29 is 8.81 Å². The number of hydrogen-bond acceptors (Lipinski definition) is 3. The summed E-state index contributed by atoms with van der Waals surface area (Å²) in [5, 5.41) is 0.321. The van der Waals surface area contributed by atoms with Gasteiger partial charge in [0, 0.05) is 0 Å². The number of aromatic nitrogens is 1. The third-order valence-electron chi connectivity index (χ3n) is 2.58. The predicted octanol–water partition coefficient (Wildman–Crippen LogP) is 3.90. The van der Waals surface area contributed by atoms with E-state index in [9.17, 15) is 9.18 Å². The summed E-state index contributed by atoms with van der Waals surface area (Å²) in [5.74, 6) is -0.902. The Bertz CT molecular complexity index is 847. The van der Waals surface area contributed by atoms with Crippen molar-refractivity contribution in [3.8, 4) is 0 Å². The van der Waals surface area contributed by atoms with E-state index in [1.165, 1.54) is 0 Å². The Morgan fingerprint density at radius 3 is 2.83 bits per heavy atom. The van der Waals surface area contributed by atoms with Crippen LogP contribution in [0, 0.1) is 5.95 Å². The lowest BCUT2D eigenvalue weighted by molar-refractivity contribution is 0.549. The highest BCUT2D eigenvalue weighted by molar-refractivity contribution is 9.10. The smallest absolute Gasteiger partial charge is 0.258 e. The zero-order valence-corrected chi connectivity index (χ0v) is 11.0. The van der Waals surface area contributed by atoms with Crippen LogP contribution in [-0.4, -0.2) is 4.98 Å². The lowest BCUT2D eigenvalue weighted by Crippen LogP contribution is -2.05. The van der Waals surface area contributed by atoms with Gasteiger partial charge in [0.1, 0.15) is 10.7 Å². The summed E-state index contributed by atoms with van der Waals surface area (Å²) in [4.78, 5) is 15.7. The van der Waals surface area contributed by atoms with E-state index in [0.717, 1.165) is 0 Å². The second-order valence-electron chi connectivity index (χ2n) is 3.64. The van der Waals surface area contributed by atoms with Crippen LogP contribution in [-0.2, 0) is 0 Å². The van der Waals surface area contributed by atoms with Crippen LogP contribution in [0.15, 0.2) is 37.9 Å². The third kappa shape index (κ3) is 1.54. The maximum Gasteiger partial charge on any atom is 0.258 e. The van der Waals surface area contributed by atoms with Gasteiger partial charge in [-0.15, -0.1) is 0 Å². The van der Waals surface area contributed by atoms with Gasteiger partial charge in [-0.3, -0.25) is 4.79 Å². The summed E-state index contributed by atoms with van der Waals surface area (Å²) in [6.45, 7) is 0. The Morgan fingerprint density at radius 2 is 2.06 bits per heavy atom. The molecule has 3 aromatic rings. The summed E-state index contributed by atoms with van der Waals surface area (Å²) in [6.07, 6.45) is 0. The molecule has 0 amide bonds. The van der Waals surface area contributed by atoms with E-state index in [0.29, 0.717) is 11.0 Å². The van der Waals surface area contributed by atoms with Gasteiger partial charge in [-0.2, -0.15) is 4.39 Å². The maximum atomic E-state index is 13.7. The van der Waals surface area contributed by atoms with Crippen molar-refractivity contribution in [3.05, 3.63) is 50.1 Å². The van der Waals surface area contributed by atoms with Crippen LogP contribution in [0.2, 0.25) is 5.15 Å². The molecule has 0 atom stereocenters. The van der Waals surface area contributed by atoms with Crippen molar-refractivity contribution >= 4 is 49.5 Å². The van der Waals surface area contributed by atoms with Crippen LogP contribution in [0.4, 0.5) is 4.39 Å². The van der Waals surface area contributed by atoms with Crippen molar-refractivity contribution in [2.24, 2.45) is 0 Å². The van der Waals surface area contributed by atoms with Crippen LogP contribution in [0.3, 0.4) is 0 Å². The molecule has 3 nitrogen and oxygen atoms in total. The van der Waals surface area contributed by atoms with Crippen LogP contribution < -0.4 is 5.43 Å². The van der Waals surface area contributed by atoms with Gasteiger partial charge in [0.2, 0.25) is 5.43 Å². The van der Waals surface area contributed by atoms with E-state index in [1.54, 1.807) is 24.3 Å². The fourth-order valence-corrected chi connectivity index (χ4v) is 2.39. The molecule has 90 valence electrons. The normalized spacial score (nSPS) is 11.3. The van der Waals surface area contributed by atoms with Gasteiger partial charge >= 0.3 is 0 Å². The standard InChI is InChI=1S/C12H4BrClFNO2/c13-8-7-9(17)5-3-1-2-4-6(5)18-10(7)12(15)16-11(8)14/h1-4H. The Kier molecular flexibility index (Phi) is 2.60. The molecule has 2 aromatic heterocycles. The van der Waals surface area contributed by atoms with Gasteiger partial charge in [0.05, 0.1) is 15.2 Å². The molecule has 0 spiro atoms. The Balaban J connectivity index is 2.69. The predicted molar refractivity (Wildman–Crippen MR) is 70.5 cm³/mol. The van der Waals surface area contributed by atoms with Gasteiger partial charge in [-0.1, -0.05) is 23.7 Å². The van der Waals surface area contributed by atoms with Crippen LogP contribution in [0.5, 0.6) is 0 Å². The van der Waals surface area contributed by atoms with E-state index in [2.05, 4.69) is 20.9 Å². The molecule has 0 aliphatic rings. The number of halogens is 3. The van der Waals surface area contributed by atoms with E-state index in [-0.39, 0.29) is 26.0 Å². The average Bonchev–Trinajstić information content (AvgIpc) is 2.36. The molecule has 0 radical (unpaired) electrons. The number of nitrogens with zero attached hydrogens (tertiary/aromatic N) is 1. The molecule has 0 saturated carbocycles. The highest BCUT2D eigenvalue weighted by atomic mass is 79.9. The maximum absolute atomic E-state index is 13.7. The largest absolute Gasteiger partial charge is 0.451 e. The number of benzene rings is 1. The molecule has 3 rings (SSSR count). The van der Waals surface area contributed by atoms with Crippen LogP contribution in [0.25, 0.3) is 21.9 Å². The SMILES string of the molecule is O=c1c2ccccc2oc2c(F)nc(Cl)c(Br)c12. The van der Waals surface area contributed by atoms with Gasteiger partial charge in [0.15, 0.2) is 5.58 Å². The summed E-state index contributed by atoms with van der Waals surface area (Å²) in [6, 6.07) is 6.61. The first-order chi connectivity index (χ1) is 8.59. The third-order valence-corrected chi connectivity index (χ3v) is 3.86. The fraction of sp³-hybridized carbons (Fsp3) is 0. The molecule has 18 heavy (non-hydrogen) atoms. The number of rotatable bonds is 0. The quantitative estimate of drug-likeness (QED) is 0.464. The average molecular weight is 329 g/mol. The Hall–Kier alpha value is -1.46. The van der Waals surface area contributed by atoms with Crippen molar-refractivity contribution in [1.29, 1.82) is 0 Å². The first-order valence-corrected chi connectivity index (χ1v) is 6.12. The summed E-state index contributed by atoms with van der Waals surface area (Å²) < 4.78 is 19.3. The number of pyridine rings is 1. The molecule has 1 aromatic carbocycles. The van der Waals surface area contributed by atoms with E-state index in [4.69, 9.17) is 16.0 Å². The molecule has 6 heteroatoms. The van der Waals surface area contributed by atoms with Gasteiger partial charge in [0.25, 0.3) is 5.95 Å².